The fourth-order valence-electron chi connectivity index (χ4n) is 4.55. The van der Waals surface area contributed by atoms with Crippen LogP contribution in [0.15, 0.2) is 23.2 Å². The molecule has 7 heteroatoms. The molecule has 3 aliphatic rings. The third kappa shape index (κ3) is 3.51. The summed E-state index contributed by atoms with van der Waals surface area (Å²) in [6.45, 7) is 4.95. The van der Waals surface area contributed by atoms with Gasteiger partial charge in [0.05, 0.1) is 7.11 Å². The summed E-state index contributed by atoms with van der Waals surface area (Å²) in [6.07, 6.45) is 3.20. The number of piperidine rings is 1. The quantitative estimate of drug-likeness (QED) is 0.821. The van der Waals surface area contributed by atoms with Crippen molar-refractivity contribution in [1.29, 1.82) is 0 Å². The zero-order valence-corrected chi connectivity index (χ0v) is 16.6. The van der Waals surface area contributed by atoms with Crippen molar-refractivity contribution in [2.45, 2.75) is 38.1 Å². The van der Waals surface area contributed by atoms with Crippen molar-refractivity contribution in [3.8, 4) is 5.75 Å². The average molecular weight is 384 g/mol. The number of hydrogen-bond acceptors (Lipinski definition) is 5. The number of likely N-dealkylation sites (tertiary alicyclic amines) is 1. The third-order valence-corrected chi connectivity index (χ3v) is 6.17. The Morgan fingerprint density at radius 3 is 2.75 bits per heavy atom. The molecule has 1 aromatic carbocycles. The Bertz CT molecular complexity index is 806. The molecule has 0 saturated carbocycles. The molecule has 0 radical (unpaired) electrons. The molecule has 150 valence electrons. The minimum absolute atomic E-state index is 0.0161. The van der Waals surface area contributed by atoms with Gasteiger partial charge in [0, 0.05) is 18.7 Å². The summed E-state index contributed by atoms with van der Waals surface area (Å²) in [5.41, 5.74) is 1.10. The number of benzene rings is 1. The second-order valence-electron chi connectivity index (χ2n) is 8.06. The van der Waals surface area contributed by atoms with E-state index in [9.17, 15) is 9.59 Å². The Labute approximate surface area is 165 Å². The largest absolute Gasteiger partial charge is 0.496 e. The number of amidine groups is 1. The first-order chi connectivity index (χ1) is 13.5. The molecule has 2 saturated heterocycles. The van der Waals surface area contributed by atoms with Crippen LogP contribution >= 0.6 is 0 Å². The highest BCUT2D eigenvalue weighted by Crippen LogP contribution is 2.31. The van der Waals surface area contributed by atoms with Crippen LogP contribution in [0.2, 0.25) is 0 Å². The van der Waals surface area contributed by atoms with Crippen LogP contribution in [0.3, 0.4) is 0 Å². The lowest BCUT2D eigenvalue weighted by atomic mass is 9.87. The number of nitrogens with one attached hydrogen (secondary N) is 2. The Hall–Kier alpha value is -2.41. The predicted molar refractivity (Wildman–Crippen MR) is 107 cm³/mol. The molecule has 0 aliphatic carbocycles. The molecule has 1 spiro atoms. The maximum absolute atomic E-state index is 13.1. The van der Waals surface area contributed by atoms with Gasteiger partial charge in [-0.05, 0) is 75.4 Å². The van der Waals surface area contributed by atoms with Crippen LogP contribution in [0.5, 0.6) is 5.75 Å². The normalized spacial score (nSPS) is 23.6. The summed E-state index contributed by atoms with van der Waals surface area (Å²) < 4.78 is 5.52. The summed E-state index contributed by atoms with van der Waals surface area (Å²) in [5, 5.41) is 6.19. The van der Waals surface area contributed by atoms with Crippen molar-refractivity contribution in [3.05, 3.63) is 29.3 Å². The lowest BCUT2D eigenvalue weighted by molar-refractivity contribution is -0.125. The zero-order chi connectivity index (χ0) is 19.7. The van der Waals surface area contributed by atoms with Gasteiger partial charge in [-0.25, -0.2) is 0 Å². The monoisotopic (exact) mass is 384 g/mol. The fourth-order valence-corrected chi connectivity index (χ4v) is 4.55. The van der Waals surface area contributed by atoms with Gasteiger partial charge in [0.1, 0.15) is 17.1 Å². The van der Waals surface area contributed by atoms with Crippen LogP contribution < -0.4 is 15.4 Å². The predicted octanol–water partition coefficient (Wildman–Crippen LogP) is 1.37. The summed E-state index contributed by atoms with van der Waals surface area (Å²) >= 11 is 0. The Morgan fingerprint density at radius 1 is 1.36 bits per heavy atom. The van der Waals surface area contributed by atoms with E-state index < -0.39 is 5.54 Å². The summed E-state index contributed by atoms with van der Waals surface area (Å²) in [7, 11) is 1.67. The van der Waals surface area contributed by atoms with Gasteiger partial charge in [-0.3, -0.25) is 14.6 Å². The highest BCUT2D eigenvalue weighted by Gasteiger charge is 2.45. The molecule has 28 heavy (non-hydrogen) atoms. The summed E-state index contributed by atoms with van der Waals surface area (Å²) in [4.78, 5) is 31.7. The minimum Gasteiger partial charge on any atom is -0.496 e. The van der Waals surface area contributed by atoms with Crippen molar-refractivity contribution in [2.24, 2.45) is 10.9 Å². The fraction of sp³-hybridized carbons (Fsp3) is 0.571. The average Bonchev–Trinajstić information content (AvgIpc) is 3.29. The molecule has 7 nitrogen and oxygen atoms in total. The van der Waals surface area contributed by atoms with Crippen LogP contribution in [0.1, 0.15) is 42.1 Å². The SMILES string of the molecule is COc1ccc(C(=O)N2CCC3(CC2)N=C(C)NC3=O)cc1CC1CCNC1. The van der Waals surface area contributed by atoms with Crippen LogP contribution in [-0.2, 0) is 11.2 Å². The maximum atomic E-state index is 13.1. The molecule has 0 aromatic heterocycles. The number of rotatable bonds is 4. The van der Waals surface area contributed by atoms with E-state index in [0.717, 1.165) is 37.2 Å². The van der Waals surface area contributed by atoms with Crippen LogP contribution in [0.4, 0.5) is 0 Å². The lowest BCUT2D eigenvalue weighted by Gasteiger charge is -2.35. The number of hydrogen-bond donors (Lipinski definition) is 2. The smallest absolute Gasteiger partial charge is 0.253 e. The molecule has 2 fully saturated rings. The number of carbonyl (C=O) groups is 2. The van der Waals surface area contributed by atoms with E-state index in [-0.39, 0.29) is 11.8 Å². The Morgan fingerprint density at radius 2 is 2.14 bits per heavy atom. The molecule has 3 heterocycles. The molecule has 0 bridgehead atoms. The first-order valence-electron chi connectivity index (χ1n) is 10.1. The van der Waals surface area contributed by atoms with Gasteiger partial charge < -0.3 is 20.3 Å². The Kier molecular flexibility index (Phi) is 5.10. The number of aliphatic imine (C=N–C) groups is 1. The minimum atomic E-state index is -0.679. The van der Waals surface area contributed by atoms with E-state index in [2.05, 4.69) is 15.6 Å². The van der Waals surface area contributed by atoms with Crippen molar-refractivity contribution < 1.29 is 14.3 Å². The lowest BCUT2D eigenvalue weighted by Crippen LogP contribution is -2.50. The van der Waals surface area contributed by atoms with Gasteiger partial charge in [0.15, 0.2) is 0 Å². The van der Waals surface area contributed by atoms with E-state index in [0.29, 0.717) is 43.2 Å². The van der Waals surface area contributed by atoms with Gasteiger partial charge in [0.25, 0.3) is 11.8 Å². The molecule has 2 N–H and O–H groups in total. The van der Waals surface area contributed by atoms with Crippen molar-refractivity contribution >= 4 is 17.6 Å². The second kappa shape index (κ2) is 7.54. The van der Waals surface area contributed by atoms with Gasteiger partial charge >= 0.3 is 0 Å². The van der Waals surface area contributed by atoms with Gasteiger partial charge in [0.2, 0.25) is 0 Å². The van der Waals surface area contributed by atoms with Crippen LogP contribution in [0.25, 0.3) is 0 Å². The van der Waals surface area contributed by atoms with Crippen molar-refractivity contribution in [2.75, 3.05) is 33.3 Å². The molecular formula is C21H28N4O3. The van der Waals surface area contributed by atoms with E-state index in [1.54, 1.807) is 7.11 Å². The van der Waals surface area contributed by atoms with E-state index in [1.165, 1.54) is 0 Å². The molecular weight excluding hydrogens is 356 g/mol. The first-order valence-corrected chi connectivity index (χ1v) is 10.1. The molecule has 1 aromatic rings. The molecule has 2 amide bonds. The Balaban J connectivity index is 1.47. The van der Waals surface area contributed by atoms with Gasteiger partial charge in [-0.1, -0.05) is 0 Å². The molecule has 1 unspecified atom stereocenters. The molecule has 4 rings (SSSR count). The van der Waals surface area contributed by atoms with Crippen molar-refractivity contribution in [3.63, 3.8) is 0 Å². The molecule has 1 atom stereocenters. The second-order valence-corrected chi connectivity index (χ2v) is 8.06. The van der Waals surface area contributed by atoms with E-state index in [4.69, 9.17) is 4.74 Å². The third-order valence-electron chi connectivity index (χ3n) is 6.17. The van der Waals surface area contributed by atoms with Crippen molar-refractivity contribution in [1.82, 2.24) is 15.5 Å². The number of ether oxygens (including phenoxy) is 1. The highest BCUT2D eigenvalue weighted by molar-refractivity contribution is 6.07. The van der Waals surface area contributed by atoms with Crippen LogP contribution in [0, 0.1) is 5.92 Å². The van der Waals surface area contributed by atoms with Crippen LogP contribution in [-0.4, -0.2) is 61.4 Å². The van der Waals surface area contributed by atoms with E-state index >= 15 is 0 Å². The summed E-state index contributed by atoms with van der Waals surface area (Å²) in [5.74, 6) is 2.08. The first kappa shape index (κ1) is 18.9. The molecule has 3 aliphatic heterocycles. The topological polar surface area (TPSA) is 83.0 Å². The standard InChI is InChI=1S/C21H28N4O3/c1-14-23-20(27)21(24-14)6-9-25(10-7-21)19(26)16-3-4-18(28-2)17(12-16)11-15-5-8-22-13-15/h3-4,12,15,22H,5-11,13H2,1-2H3,(H,23,24,27). The number of carbonyl (C=O) groups excluding carboxylic acids is 2. The highest BCUT2D eigenvalue weighted by atomic mass is 16.5. The zero-order valence-electron chi connectivity index (χ0n) is 16.6. The summed E-state index contributed by atoms with van der Waals surface area (Å²) in [6, 6.07) is 5.72. The van der Waals surface area contributed by atoms with Gasteiger partial charge in [-0.15, -0.1) is 0 Å². The number of methoxy groups -OCH3 is 1. The number of amides is 2. The van der Waals surface area contributed by atoms with Gasteiger partial charge in [-0.2, -0.15) is 0 Å². The number of nitrogens with zero attached hydrogens (tertiary/aromatic N) is 2. The maximum Gasteiger partial charge on any atom is 0.253 e. The van der Waals surface area contributed by atoms with E-state index in [1.807, 2.05) is 30.0 Å².